The molecule has 1 amide bonds. The molecule has 10 atom stereocenters. The van der Waals surface area contributed by atoms with Crippen molar-refractivity contribution < 1.29 is 69.0 Å². The third-order valence-corrected chi connectivity index (χ3v) is 6.54. The van der Waals surface area contributed by atoms with Gasteiger partial charge in [0.2, 0.25) is 5.79 Å². The van der Waals surface area contributed by atoms with Crippen LogP contribution in [0.15, 0.2) is 30.3 Å². The number of nitrogens with one attached hydrogen (secondary N) is 1. The molecule has 2 saturated heterocycles. The third kappa shape index (κ3) is 8.10. The summed E-state index contributed by atoms with van der Waals surface area (Å²) in [5.41, 5.74) is -0.146. The van der Waals surface area contributed by atoms with Crippen molar-refractivity contribution in [2.45, 2.75) is 93.6 Å². The molecule has 0 bridgehead atoms. The fraction of sp³-hybridized carbons (Fsp3) is 0.692. The number of aliphatic hydroxyl groups excluding tert-OH is 7. The molecule has 0 aliphatic carbocycles. The molecule has 0 unspecified atom stereocenters. The van der Waals surface area contributed by atoms with E-state index in [0.29, 0.717) is 5.56 Å². The molecule has 2 heterocycles. The first-order valence-corrected chi connectivity index (χ1v) is 13.0. The fourth-order valence-electron chi connectivity index (χ4n) is 4.38. The lowest BCUT2D eigenvalue weighted by Gasteiger charge is -2.43. The number of carbonyl (C=O) groups excluding carboxylic acids is 2. The molecule has 1 aromatic rings. The average molecular weight is 590 g/mol. The summed E-state index contributed by atoms with van der Waals surface area (Å²) in [5.74, 6) is -3.29. The Labute approximate surface area is 236 Å². The van der Waals surface area contributed by atoms with Crippen LogP contribution in [0.2, 0.25) is 0 Å². The first-order chi connectivity index (χ1) is 19.2. The highest BCUT2D eigenvalue weighted by molar-refractivity contribution is 5.81. The van der Waals surface area contributed by atoms with Gasteiger partial charge < -0.3 is 64.7 Å². The van der Waals surface area contributed by atoms with Crippen LogP contribution < -0.4 is 5.32 Å². The molecule has 232 valence electrons. The van der Waals surface area contributed by atoms with Crippen LogP contribution in [0.3, 0.4) is 0 Å². The zero-order valence-electron chi connectivity index (χ0n) is 22.9. The molecule has 15 heteroatoms. The van der Waals surface area contributed by atoms with Crippen LogP contribution in [-0.4, -0.2) is 134 Å². The number of amides is 1. The number of hydrogen-bond acceptors (Lipinski definition) is 14. The summed E-state index contributed by atoms with van der Waals surface area (Å²) in [6, 6.07) is 7.53. The summed E-state index contributed by atoms with van der Waals surface area (Å²) in [7, 11) is 0. The molecular formula is C26H39NO14. The van der Waals surface area contributed by atoms with Gasteiger partial charge in [0.05, 0.1) is 6.61 Å². The molecule has 2 aliphatic heterocycles. The highest BCUT2D eigenvalue weighted by Crippen LogP contribution is 2.36. The van der Waals surface area contributed by atoms with E-state index in [4.69, 9.17) is 23.7 Å². The number of aliphatic hydroxyl groups is 7. The number of ether oxygens (including phenoxy) is 5. The Balaban J connectivity index is 1.71. The fourth-order valence-corrected chi connectivity index (χ4v) is 4.38. The number of hydrogen-bond donors (Lipinski definition) is 8. The highest BCUT2D eigenvalue weighted by Gasteiger charge is 2.58. The first-order valence-electron chi connectivity index (χ1n) is 13.0. The summed E-state index contributed by atoms with van der Waals surface area (Å²) in [6.07, 6.45) is -14.7. The van der Waals surface area contributed by atoms with Crippen molar-refractivity contribution in [3.8, 4) is 0 Å². The van der Waals surface area contributed by atoms with Gasteiger partial charge in [-0.15, -0.1) is 0 Å². The lowest BCUT2D eigenvalue weighted by molar-refractivity contribution is -0.383. The Morgan fingerprint density at radius 3 is 2.20 bits per heavy atom. The minimum atomic E-state index is -2.36. The van der Waals surface area contributed by atoms with Crippen LogP contribution in [0, 0.1) is 0 Å². The monoisotopic (exact) mass is 589 g/mol. The zero-order valence-corrected chi connectivity index (χ0v) is 22.9. The molecule has 0 spiro atoms. The van der Waals surface area contributed by atoms with Crippen LogP contribution in [0.5, 0.6) is 0 Å². The van der Waals surface area contributed by atoms with Crippen LogP contribution in [-0.2, 0) is 34.9 Å². The Morgan fingerprint density at radius 1 is 0.976 bits per heavy atom. The summed E-state index contributed by atoms with van der Waals surface area (Å²) in [4.78, 5) is 25.4. The Kier molecular flexibility index (Phi) is 11.0. The summed E-state index contributed by atoms with van der Waals surface area (Å²) < 4.78 is 26.8. The molecule has 0 saturated carbocycles. The van der Waals surface area contributed by atoms with Crippen LogP contribution >= 0.6 is 0 Å². The Morgan fingerprint density at radius 2 is 1.63 bits per heavy atom. The second-order valence-electron chi connectivity index (χ2n) is 10.9. The summed E-state index contributed by atoms with van der Waals surface area (Å²) >= 11 is 0. The highest BCUT2D eigenvalue weighted by atomic mass is 16.8. The van der Waals surface area contributed by atoms with Gasteiger partial charge >= 0.3 is 12.1 Å². The van der Waals surface area contributed by atoms with Gasteiger partial charge in [-0.3, -0.25) is 0 Å². The third-order valence-electron chi connectivity index (χ3n) is 6.54. The number of alkyl carbamates (subject to hydrolysis) is 1. The minimum Gasteiger partial charge on any atom is -0.461 e. The van der Waals surface area contributed by atoms with E-state index in [1.54, 1.807) is 51.1 Å². The molecule has 2 fully saturated rings. The molecule has 0 aromatic heterocycles. The zero-order chi connectivity index (χ0) is 30.5. The predicted octanol–water partition coefficient (Wildman–Crippen LogP) is -2.71. The van der Waals surface area contributed by atoms with E-state index < -0.39 is 98.3 Å². The smallest absolute Gasteiger partial charge is 0.408 e. The van der Waals surface area contributed by atoms with Gasteiger partial charge in [-0.25, -0.2) is 9.59 Å². The largest absolute Gasteiger partial charge is 0.461 e. The van der Waals surface area contributed by atoms with E-state index in [2.05, 4.69) is 5.32 Å². The quantitative estimate of drug-likeness (QED) is 0.130. The van der Waals surface area contributed by atoms with E-state index >= 15 is 0 Å². The average Bonchev–Trinajstić information content (AvgIpc) is 3.16. The second kappa shape index (κ2) is 13.7. The van der Waals surface area contributed by atoms with Gasteiger partial charge in [0.15, 0.2) is 6.29 Å². The van der Waals surface area contributed by atoms with Gasteiger partial charge in [0.25, 0.3) is 0 Å². The molecular weight excluding hydrogens is 550 g/mol. The van der Waals surface area contributed by atoms with E-state index in [1.807, 2.05) is 0 Å². The molecule has 0 radical (unpaired) electrons. The molecule has 1 aromatic carbocycles. The van der Waals surface area contributed by atoms with Crippen molar-refractivity contribution in [2.75, 3.05) is 19.8 Å². The van der Waals surface area contributed by atoms with E-state index in [-0.39, 0.29) is 6.42 Å². The van der Waals surface area contributed by atoms with Crippen molar-refractivity contribution in [3.63, 3.8) is 0 Å². The van der Waals surface area contributed by atoms with Crippen molar-refractivity contribution in [3.05, 3.63) is 35.9 Å². The number of benzene rings is 1. The normalized spacial score (nSPS) is 34.6. The van der Waals surface area contributed by atoms with Crippen molar-refractivity contribution in [1.29, 1.82) is 0 Å². The number of carbonyl (C=O) groups is 2. The standard InChI is InChI=1S/C26H39NO14/c1-25(2,3)41-24(36)27-14(9-13-7-5-4-6-8-13)22(35)37-11-16-17(30)19(32)20(33)23(38-16)40-26(12-29)21(34)18(31)15(10-28)39-26/h4-8,14-21,23,28-34H,9-12H2,1-3H3,(H,27,36)/t14-,15+,16+,17+,18+,19-,20+,21-,23+,26-/m0/s1. The first kappa shape index (κ1) is 33.1. The molecule has 41 heavy (non-hydrogen) atoms. The maximum absolute atomic E-state index is 13.0. The molecule has 15 nitrogen and oxygen atoms in total. The lowest BCUT2D eigenvalue weighted by Crippen LogP contribution is -2.63. The topological polar surface area (TPSA) is 234 Å². The maximum Gasteiger partial charge on any atom is 0.408 e. The van der Waals surface area contributed by atoms with Crippen molar-refractivity contribution in [1.82, 2.24) is 5.32 Å². The predicted molar refractivity (Wildman–Crippen MR) is 136 cm³/mol. The van der Waals surface area contributed by atoms with E-state index in [9.17, 15) is 45.3 Å². The van der Waals surface area contributed by atoms with Crippen molar-refractivity contribution in [2.24, 2.45) is 0 Å². The SMILES string of the molecule is CC(C)(C)OC(=O)N[C@@H](Cc1ccccc1)C(=O)OC[C@H]1O[C@H](O[C@]2(CO)O[C@H](CO)[C@@H](O)[C@@H]2O)[C@H](O)[C@@H](O)[C@@H]1O. The van der Waals surface area contributed by atoms with Crippen molar-refractivity contribution >= 4 is 12.1 Å². The van der Waals surface area contributed by atoms with Gasteiger partial charge in [-0.05, 0) is 26.3 Å². The molecule has 2 aliphatic rings. The summed E-state index contributed by atoms with van der Waals surface area (Å²) in [6.45, 7) is 2.49. The molecule has 3 rings (SSSR count). The van der Waals surface area contributed by atoms with Crippen LogP contribution in [0.4, 0.5) is 4.79 Å². The second-order valence-corrected chi connectivity index (χ2v) is 10.9. The Bertz CT molecular complexity index is 1010. The number of esters is 1. The molecule has 8 N–H and O–H groups in total. The van der Waals surface area contributed by atoms with Gasteiger partial charge in [0, 0.05) is 6.42 Å². The van der Waals surface area contributed by atoms with Gasteiger partial charge in [0.1, 0.15) is 67.6 Å². The Hall–Kier alpha value is -2.44. The summed E-state index contributed by atoms with van der Waals surface area (Å²) in [5, 5.41) is 73.4. The minimum absolute atomic E-state index is 0.0304. The van der Waals surface area contributed by atoms with Crippen LogP contribution in [0.1, 0.15) is 26.3 Å². The maximum atomic E-state index is 13.0. The number of rotatable bonds is 10. The van der Waals surface area contributed by atoms with Gasteiger partial charge in [-0.2, -0.15) is 0 Å². The lowest BCUT2D eigenvalue weighted by atomic mass is 9.98. The van der Waals surface area contributed by atoms with Crippen LogP contribution in [0.25, 0.3) is 0 Å². The van der Waals surface area contributed by atoms with E-state index in [0.717, 1.165) is 0 Å². The van der Waals surface area contributed by atoms with Gasteiger partial charge in [-0.1, -0.05) is 30.3 Å². The van der Waals surface area contributed by atoms with E-state index in [1.165, 1.54) is 0 Å².